The number of aliphatic hydroxyl groups is 3. The summed E-state index contributed by atoms with van der Waals surface area (Å²) < 4.78 is 16.4. The largest absolute Gasteiger partial charge is 0.479 e. The van der Waals surface area contributed by atoms with Crippen molar-refractivity contribution in [3.8, 4) is 5.75 Å². The van der Waals surface area contributed by atoms with Crippen molar-refractivity contribution in [2.45, 2.75) is 63.3 Å². The minimum Gasteiger partial charge on any atom is -0.479 e. The summed E-state index contributed by atoms with van der Waals surface area (Å²) in [6.07, 6.45) is -1.90. The van der Waals surface area contributed by atoms with Crippen LogP contribution in [0.3, 0.4) is 0 Å². The third-order valence-electron chi connectivity index (χ3n) is 6.13. The highest BCUT2D eigenvalue weighted by molar-refractivity contribution is 5.81. The van der Waals surface area contributed by atoms with Gasteiger partial charge >= 0.3 is 11.6 Å². The van der Waals surface area contributed by atoms with E-state index in [0.717, 1.165) is 13.8 Å². The summed E-state index contributed by atoms with van der Waals surface area (Å²) >= 11 is 0. The van der Waals surface area contributed by atoms with Crippen molar-refractivity contribution in [2.75, 3.05) is 0 Å². The topological polar surface area (TPSA) is 147 Å². The second-order valence-corrected chi connectivity index (χ2v) is 8.08. The van der Waals surface area contributed by atoms with Gasteiger partial charge in [-0.1, -0.05) is 0 Å². The lowest BCUT2D eigenvalue weighted by Crippen LogP contribution is -2.82. The first-order chi connectivity index (χ1) is 13.1. The number of carboxylic acid groups (broad SMARTS) is 1. The molecule has 2 heterocycles. The number of aryl methyl sites for hydroxylation is 1. The van der Waals surface area contributed by atoms with Crippen LogP contribution < -0.4 is 10.4 Å². The number of carbonyl (C=O) groups is 1. The van der Waals surface area contributed by atoms with Crippen molar-refractivity contribution in [1.82, 2.24) is 0 Å². The predicted octanol–water partition coefficient (Wildman–Crippen LogP) is 0.933. The summed E-state index contributed by atoms with van der Waals surface area (Å²) in [5.74, 6) is -3.53. The van der Waals surface area contributed by atoms with Gasteiger partial charge in [0.1, 0.15) is 22.5 Å². The molecular formula is C20H24O9. The van der Waals surface area contributed by atoms with E-state index in [1.807, 2.05) is 0 Å². The van der Waals surface area contributed by atoms with E-state index in [0.29, 0.717) is 10.9 Å². The standard InChI is InChI=1S/C20H24O9/c1-10-8-14(21)27-13-9-11(6-7-12(10)13)28-20(5)19(4,26)18(3,25)17(2,24)15(29-20)16(22)23/h6-9,15,24-26H,1-5H3,(H,22,23)/t15-,17+,18-,19-,20+/m0/s1. The van der Waals surface area contributed by atoms with E-state index < -0.39 is 40.3 Å². The number of rotatable bonds is 3. The Morgan fingerprint density at radius 1 is 1.07 bits per heavy atom. The number of carboxylic acids is 1. The molecule has 158 valence electrons. The first kappa shape index (κ1) is 21.3. The van der Waals surface area contributed by atoms with E-state index in [9.17, 15) is 30.0 Å². The highest BCUT2D eigenvalue weighted by atomic mass is 16.7. The number of ether oxygens (including phenoxy) is 2. The molecule has 0 unspecified atom stereocenters. The summed E-state index contributed by atoms with van der Waals surface area (Å²) in [4.78, 5) is 23.3. The fourth-order valence-electron chi connectivity index (χ4n) is 3.65. The van der Waals surface area contributed by atoms with Gasteiger partial charge in [-0.3, -0.25) is 0 Å². The van der Waals surface area contributed by atoms with Crippen LogP contribution >= 0.6 is 0 Å². The molecule has 0 radical (unpaired) electrons. The van der Waals surface area contributed by atoms with E-state index in [-0.39, 0.29) is 11.3 Å². The molecule has 1 aliphatic rings. The smallest absolute Gasteiger partial charge is 0.336 e. The van der Waals surface area contributed by atoms with E-state index in [1.54, 1.807) is 13.0 Å². The molecule has 3 rings (SSSR count). The van der Waals surface area contributed by atoms with Crippen LogP contribution in [0.1, 0.15) is 33.3 Å². The quantitative estimate of drug-likeness (QED) is 0.545. The average molecular weight is 408 g/mol. The van der Waals surface area contributed by atoms with Gasteiger partial charge in [0.05, 0.1) is 0 Å². The molecule has 1 aromatic carbocycles. The molecule has 0 spiro atoms. The van der Waals surface area contributed by atoms with Crippen molar-refractivity contribution in [3.05, 3.63) is 40.2 Å². The summed E-state index contributed by atoms with van der Waals surface area (Å²) in [6.45, 7) is 6.34. The first-order valence-electron chi connectivity index (χ1n) is 8.95. The Labute approximate surface area is 166 Å². The first-order valence-corrected chi connectivity index (χ1v) is 8.95. The normalized spacial score (nSPS) is 37.4. The number of hydrogen-bond acceptors (Lipinski definition) is 8. The summed E-state index contributed by atoms with van der Waals surface area (Å²) in [7, 11) is 0. The number of benzene rings is 1. The second-order valence-electron chi connectivity index (χ2n) is 8.08. The maximum atomic E-state index is 11.7. The molecule has 0 bridgehead atoms. The van der Waals surface area contributed by atoms with E-state index >= 15 is 0 Å². The van der Waals surface area contributed by atoms with Gasteiger partial charge in [-0.05, 0) is 45.4 Å². The number of aliphatic carboxylic acids is 1. The van der Waals surface area contributed by atoms with Crippen LogP contribution in [0.25, 0.3) is 11.0 Å². The van der Waals surface area contributed by atoms with Crippen molar-refractivity contribution >= 4 is 16.9 Å². The average Bonchev–Trinajstić information content (AvgIpc) is 2.57. The Bertz CT molecular complexity index is 1030. The van der Waals surface area contributed by atoms with E-state index in [1.165, 1.54) is 32.0 Å². The fraction of sp³-hybridized carbons (Fsp3) is 0.500. The summed E-state index contributed by atoms with van der Waals surface area (Å²) in [5, 5.41) is 42.8. The lowest BCUT2D eigenvalue weighted by molar-refractivity contribution is -0.407. The third kappa shape index (κ3) is 2.93. The Hall–Kier alpha value is -2.46. The molecule has 4 N–H and O–H groups in total. The summed E-state index contributed by atoms with van der Waals surface area (Å²) in [5.41, 5.74) is -6.56. The van der Waals surface area contributed by atoms with E-state index in [4.69, 9.17) is 13.9 Å². The molecule has 9 heteroatoms. The van der Waals surface area contributed by atoms with Crippen LogP contribution in [0.5, 0.6) is 5.75 Å². The molecular weight excluding hydrogens is 384 g/mol. The SMILES string of the molecule is Cc1cc(=O)oc2cc(O[C@]3(C)O[C@@H](C(=O)O)[C@@](C)(O)[C@](C)(O)[C@]3(C)O)ccc12. The van der Waals surface area contributed by atoms with Gasteiger partial charge in [-0.25, -0.2) is 9.59 Å². The van der Waals surface area contributed by atoms with Crippen LogP contribution in [-0.4, -0.2) is 55.1 Å². The maximum Gasteiger partial charge on any atom is 0.336 e. The number of hydrogen-bond donors (Lipinski definition) is 4. The van der Waals surface area contributed by atoms with E-state index in [2.05, 4.69) is 0 Å². The van der Waals surface area contributed by atoms with Crippen LogP contribution in [0, 0.1) is 6.92 Å². The highest BCUT2D eigenvalue weighted by Gasteiger charge is 2.73. The van der Waals surface area contributed by atoms with Crippen molar-refractivity contribution < 1.29 is 39.1 Å². The molecule has 29 heavy (non-hydrogen) atoms. The lowest BCUT2D eigenvalue weighted by atomic mass is 9.65. The van der Waals surface area contributed by atoms with Gasteiger partial charge in [0.25, 0.3) is 0 Å². The Balaban J connectivity index is 2.10. The zero-order valence-electron chi connectivity index (χ0n) is 16.7. The third-order valence-corrected chi connectivity index (χ3v) is 6.13. The van der Waals surface area contributed by atoms with Gasteiger partial charge in [-0.15, -0.1) is 0 Å². The minimum absolute atomic E-state index is 0.0931. The minimum atomic E-state index is -2.34. The summed E-state index contributed by atoms with van der Waals surface area (Å²) in [6, 6.07) is 5.89. The van der Waals surface area contributed by atoms with Gasteiger partial charge in [0, 0.05) is 24.4 Å². The van der Waals surface area contributed by atoms with Gasteiger partial charge in [-0.2, -0.15) is 0 Å². The van der Waals surface area contributed by atoms with Gasteiger partial charge in [0.15, 0.2) is 11.7 Å². The monoisotopic (exact) mass is 408 g/mol. The molecule has 2 aromatic rings. The Morgan fingerprint density at radius 2 is 1.69 bits per heavy atom. The molecule has 1 aromatic heterocycles. The Morgan fingerprint density at radius 3 is 2.28 bits per heavy atom. The van der Waals surface area contributed by atoms with Gasteiger partial charge < -0.3 is 34.3 Å². The van der Waals surface area contributed by atoms with Crippen LogP contribution in [0.4, 0.5) is 0 Å². The molecule has 1 aliphatic heterocycles. The van der Waals surface area contributed by atoms with Crippen molar-refractivity contribution in [3.63, 3.8) is 0 Å². The lowest BCUT2D eigenvalue weighted by Gasteiger charge is -2.60. The molecule has 1 fully saturated rings. The van der Waals surface area contributed by atoms with Crippen LogP contribution in [0.2, 0.25) is 0 Å². The van der Waals surface area contributed by atoms with Crippen LogP contribution in [0.15, 0.2) is 33.5 Å². The molecule has 5 atom stereocenters. The molecule has 0 amide bonds. The molecule has 0 aliphatic carbocycles. The maximum absolute atomic E-state index is 11.7. The molecule has 0 saturated carbocycles. The predicted molar refractivity (Wildman–Crippen MR) is 101 cm³/mol. The zero-order chi connectivity index (χ0) is 22.0. The van der Waals surface area contributed by atoms with Gasteiger partial charge in [0.2, 0.25) is 5.79 Å². The fourth-order valence-corrected chi connectivity index (χ4v) is 3.65. The highest BCUT2D eigenvalue weighted by Crippen LogP contribution is 2.49. The molecule has 9 nitrogen and oxygen atoms in total. The van der Waals surface area contributed by atoms with Crippen molar-refractivity contribution in [1.29, 1.82) is 0 Å². The second kappa shape index (κ2) is 6.27. The molecule has 1 saturated heterocycles. The van der Waals surface area contributed by atoms with Crippen molar-refractivity contribution in [2.24, 2.45) is 0 Å². The zero-order valence-corrected chi connectivity index (χ0v) is 16.7. The number of fused-ring (bicyclic) bond motifs is 1. The Kier molecular flexibility index (Phi) is 4.59. The van der Waals surface area contributed by atoms with Crippen LogP contribution in [-0.2, 0) is 9.53 Å².